The van der Waals surface area contributed by atoms with E-state index in [1.54, 1.807) is 20.3 Å². The van der Waals surface area contributed by atoms with E-state index in [0.29, 0.717) is 36.7 Å². The number of para-hydroxylation sites is 2. The van der Waals surface area contributed by atoms with Crippen LogP contribution in [0.15, 0.2) is 91.0 Å². The summed E-state index contributed by atoms with van der Waals surface area (Å²) in [5.41, 5.74) is 5.78. The summed E-state index contributed by atoms with van der Waals surface area (Å²) in [6.45, 7) is 8.63. The minimum Gasteiger partial charge on any atom is -0.493 e. The number of anilines is 1. The van der Waals surface area contributed by atoms with Crippen LogP contribution in [0.3, 0.4) is 0 Å². The lowest BCUT2D eigenvalue weighted by molar-refractivity contribution is 0.0780. The Bertz CT molecular complexity index is 1950. The molecule has 4 aromatic carbocycles. The van der Waals surface area contributed by atoms with Crippen molar-refractivity contribution >= 4 is 22.9 Å². The van der Waals surface area contributed by atoms with Gasteiger partial charge in [-0.3, -0.25) is 4.79 Å². The fourth-order valence-electron chi connectivity index (χ4n) is 7.88. The fourth-order valence-corrected chi connectivity index (χ4v) is 7.88. The maximum Gasteiger partial charge on any atom is 0.254 e. The zero-order valence-corrected chi connectivity index (χ0v) is 29.8. The molecule has 2 fully saturated rings. The Hall–Kier alpha value is -4.93. The van der Waals surface area contributed by atoms with Crippen molar-refractivity contribution < 1.29 is 24.1 Å². The Morgan fingerprint density at radius 1 is 0.882 bits per heavy atom. The summed E-state index contributed by atoms with van der Waals surface area (Å²) >= 11 is 0. The molecular weight excluding hydrogens is 645 g/mol. The van der Waals surface area contributed by atoms with Gasteiger partial charge in [0.15, 0.2) is 11.5 Å². The van der Waals surface area contributed by atoms with Crippen molar-refractivity contribution in [1.82, 2.24) is 19.4 Å². The normalized spacial score (nSPS) is 18.0. The summed E-state index contributed by atoms with van der Waals surface area (Å²) in [5, 5.41) is 0. The molecule has 2 aliphatic rings. The van der Waals surface area contributed by atoms with Gasteiger partial charge in [-0.05, 0) is 92.4 Å². The lowest BCUT2D eigenvalue weighted by Gasteiger charge is -2.33. The molecule has 10 heteroatoms. The number of carbonyl (C=O) groups is 1. The Morgan fingerprint density at radius 3 is 2.41 bits per heavy atom. The van der Waals surface area contributed by atoms with Crippen LogP contribution in [-0.2, 0) is 12.0 Å². The third kappa shape index (κ3) is 7.43. The molecule has 1 aromatic heterocycles. The van der Waals surface area contributed by atoms with E-state index >= 15 is 0 Å². The number of rotatable bonds is 10. The standard InChI is InChI=1S/C41H46FN5O3.H2O/c1-30-26-32(27-37(49-2)38(30)50-3)39(48)46-23-19-41(29-46,33-10-5-4-6-11-33)18-22-44-20-9-21-45(25-24-44)40-43-35-12-7-8-13-36(35)47(40)28-31-14-16-34(42)17-15-31;/h4-8,10-17,26-27H,9,18-25,28-29H2,1-3H3;1H2. The van der Waals surface area contributed by atoms with Gasteiger partial charge in [-0.25, -0.2) is 9.37 Å². The number of fused-ring (bicyclic) bond motifs is 1. The molecular formula is C41H48FN5O4. The maximum atomic E-state index is 13.9. The van der Waals surface area contributed by atoms with Gasteiger partial charge in [-0.2, -0.15) is 0 Å². The van der Waals surface area contributed by atoms with Gasteiger partial charge >= 0.3 is 0 Å². The van der Waals surface area contributed by atoms with E-state index in [9.17, 15) is 9.18 Å². The van der Waals surface area contributed by atoms with E-state index < -0.39 is 0 Å². The third-order valence-electron chi connectivity index (χ3n) is 10.6. The van der Waals surface area contributed by atoms with Gasteiger partial charge in [0.2, 0.25) is 5.95 Å². The van der Waals surface area contributed by atoms with Crippen LogP contribution in [0.4, 0.5) is 10.3 Å². The molecule has 0 aliphatic carbocycles. The Labute approximate surface area is 299 Å². The highest BCUT2D eigenvalue weighted by Gasteiger charge is 2.42. The van der Waals surface area contributed by atoms with E-state index in [2.05, 4.69) is 56.8 Å². The van der Waals surface area contributed by atoms with E-state index in [1.165, 1.54) is 17.7 Å². The number of carbonyl (C=O) groups excluding carboxylic acids is 1. The van der Waals surface area contributed by atoms with E-state index in [1.807, 2.05) is 42.2 Å². The van der Waals surface area contributed by atoms with Crippen molar-refractivity contribution in [3.05, 3.63) is 119 Å². The van der Waals surface area contributed by atoms with Crippen molar-refractivity contribution in [2.75, 3.05) is 64.9 Å². The van der Waals surface area contributed by atoms with Crippen LogP contribution < -0.4 is 14.4 Å². The number of benzene rings is 4. The molecule has 2 saturated heterocycles. The number of methoxy groups -OCH3 is 2. The molecule has 5 aromatic rings. The lowest BCUT2D eigenvalue weighted by atomic mass is 9.76. The maximum absolute atomic E-state index is 13.9. The molecule has 7 rings (SSSR count). The highest BCUT2D eigenvalue weighted by atomic mass is 19.1. The van der Waals surface area contributed by atoms with Gasteiger partial charge in [-0.1, -0.05) is 54.6 Å². The molecule has 1 amide bonds. The Kier molecular flexibility index (Phi) is 10.9. The zero-order valence-electron chi connectivity index (χ0n) is 29.8. The van der Waals surface area contributed by atoms with Crippen LogP contribution in [0.2, 0.25) is 0 Å². The van der Waals surface area contributed by atoms with Crippen molar-refractivity contribution in [2.45, 2.75) is 38.1 Å². The number of halogens is 1. The third-order valence-corrected chi connectivity index (χ3v) is 10.6. The second kappa shape index (κ2) is 15.5. The molecule has 0 saturated carbocycles. The van der Waals surface area contributed by atoms with Gasteiger partial charge in [-0.15, -0.1) is 0 Å². The van der Waals surface area contributed by atoms with Crippen LogP contribution in [0.1, 0.15) is 46.3 Å². The average Bonchev–Trinajstić information content (AvgIpc) is 3.66. The van der Waals surface area contributed by atoms with Gasteiger partial charge in [0.05, 0.1) is 31.8 Å². The van der Waals surface area contributed by atoms with E-state index in [-0.39, 0.29) is 22.6 Å². The molecule has 51 heavy (non-hydrogen) atoms. The number of imidazole rings is 1. The zero-order chi connectivity index (χ0) is 34.7. The summed E-state index contributed by atoms with van der Waals surface area (Å²) in [6, 6.07) is 29.5. The first-order valence-electron chi connectivity index (χ1n) is 17.6. The number of nitrogens with zero attached hydrogens (tertiary/aromatic N) is 5. The van der Waals surface area contributed by atoms with Crippen LogP contribution in [0.25, 0.3) is 11.0 Å². The average molecular weight is 694 g/mol. The molecule has 2 aliphatic heterocycles. The van der Waals surface area contributed by atoms with Crippen molar-refractivity contribution in [2.24, 2.45) is 0 Å². The number of hydrogen-bond donors (Lipinski definition) is 0. The smallest absolute Gasteiger partial charge is 0.254 e. The minimum absolute atomic E-state index is 0. The summed E-state index contributed by atoms with van der Waals surface area (Å²) in [4.78, 5) is 26.0. The SMILES string of the molecule is COc1cc(C(=O)N2CCC(CCN3CCCN(c4nc5ccccc5n4Cc4ccc(F)cc4)CC3)(c3ccccc3)C2)cc(C)c1OC.O. The summed E-state index contributed by atoms with van der Waals surface area (Å²) in [6.07, 6.45) is 2.92. The monoisotopic (exact) mass is 693 g/mol. The van der Waals surface area contributed by atoms with Crippen molar-refractivity contribution in [1.29, 1.82) is 0 Å². The van der Waals surface area contributed by atoms with Crippen LogP contribution in [0, 0.1) is 12.7 Å². The van der Waals surface area contributed by atoms with E-state index in [4.69, 9.17) is 14.5 Å². The Morgan fingerprint density at radius 2 is 1.65 bits per heavy atom. The molecule has 3 heterocycles. The first-order chi connectivity index (χ1) is 24.4. The number of aromatic nitrogens is 2. The number of aryl methyl sites for hydroxylation is 1. The number of hydrogen-bond acceptors (Lipinski definition) is 6. The largest absolute Gasteiger partial charge is 0.493 e. The highest BCUT2D eigenvalue weighted by molar-refractivity contribution is 5.95. The summed E-state index contributed by atoms with van der Waals surface area (Å²) in [5.74, 6) is 2.00. The van der Waals surface area contributed by atoms with Crippen LogP contribution in [0.5, 0.6) is 11.5 Å². The molecule has 0 bridgehead atoms. The minimum atomic E-state index is -0.226. The topological polar surface area (TPSA) is 94.6 Å². The molecule has 1 unspecified atom stereocenters. The summed E-state index contributed by atoms with van der Waals surface area (Å²) in [7, 11) is 3.23. The highest BCUT2D eigenvalue weighted by Crippen LogP contribution is 2.40. The summed E-state index contributed by atoms with van der Waals surface area (Å²) < 4.78 is 27.0. The molecule has 0 radical (unpaired) electrons. The second-order valence-electron chi connectivity index (χ2n) is 13.7. The quantitative estimate of drug-likeness (QED) is 0.175. The molecule has 268 valence electrons. The molecule has 2 N–H and O–H groups in total. The first kappa shape index (κ1) is 35.9. The van der Waals surface area contributed by atoms with Crippen LogP contribution in [-0.4, -0.2) is 90.8 Å². The predicted octanol–water partition coefficient (Wildman–Crippen LogP) is 6.11. The number of likely N-dealkylation sites (tertiary alicyclic amines) is 1. The predicted molar refractivity (Wildman–Crippen MR) is 200 cm³/mol. The van der Waals surface area contributed by atoms with Gasteiger partial charge in [0.1, 0.15) is 5.82 Å². The Balaban J connectivity index is 0.00000448. The fraction of sp³-hybridized carbons (Fsp3) is 0.366. The second-order valence-corrected chi connectivity index (χ2v) is 13.7. The first-order valence-corrected chi connectivity index (χ1v) is 17.6. The number of ether oxygens (including phenoxy) is 2. The van der Waals surface area contributed by atoms with Crippen molar-refractivity contribution in [3.63, 3.8) is 0 Å². The van der Waals surface area contributed by atoms with Crippen LogP contribution >= 0.6 is 0 Å². The molecule has 1 atom stereocenters. The lowest BCUT2D eigenvalue weighted by Crippen LogP contribution is -2.39. The van der Waals surface area contributed by atoms with Gasteiger partial charge in [0.25, 0.3) is 5.91 Å². The van der Waals surface area contributed by atoms with Gasteiger partial charge < -0.3 is 34.2 Å². The molecule has 0 spiro atoms. The van der Waals surface area contributed by atoms with E-state index in [0.717, 1.165) is 80.1 Å². The van der Waals surface area contributed by atoms with Crippen molar-refractivity contribution in [3.8, 4) is 11.5 Å². The molecule has 9 nitrogen and oxygen atoms in total. The van der Waals surface area contributed by atoms with Gasteiger partial charge in [0, 0.05) is 43.7 Å². The number of amides is 1.